The third kappa shape index (κ3) is 4.20. The van der Waals surface area contributed by atoms with Crippen LogP contribution in [0.2, 0.25) is 0 Å². The van der Waals surface area contributed by atoms with Gasteiger partial charge < -0.3 is 9.30 Å². The van der Waals surface area contributed by atoms with Crippen LogP contribution < -0.4 is 10.3 Å². The molecule has 1 aromatic heterocycles. The highest BCUT2D eigenvalue weighted by Gasteiger charge is 2.53. The molecule has 3 heterocycles. The topological polar surface area (TPSA) is 51.5 Å². The third-order valence-electron chi connectivity index (χ3n) is 10.2. The standard InChI is InChI=1S/C32H38N2O3/c1-37-29-7-5-21(6-8-30(35)32-14-22-9-23(15-32)11-24(10-22)16-32)12-27(29)20-33-17-25-13-26(19-33)28-3-2-4-31(36)34(28)18-25/h2-8,12,22-26H,9-11,13-20H2,1H3. The van der Waals surface area contributed by atoms with Crippen molar-refractivity contribution in [1.29, 1.82) is 0 Å². The van der Waals surface area contributed by atoms with Gasteiger partial charge in [0.05, 0.1) is 7.11 Å². The molecule has 1 saturated heterocycles. The second-order valence-electron chi connectivity index (χ2n) is 12.9. The van der Waals surface area contributed by atoms with Crippen molar-refractivity contribution in [2.24, 2.45) is 29.1 Å². The molecule has 6 aliphatic rings. The van der Waals surface area contributed by atoms with E-state index in [9.17, 15) is 9.59 Å². The van der Waals surface area contributed by atoms with E-state index in [-0.39, 0.29) is 11.0 Å². The highest BCUT2D eigenvalue weighted by Crippen LogP contribution is 2.60. The van der Waals surface area contributed by atoms with Crippen LogP contribution in [0.4, 0.5) is 0 Å². The van der Waals surface area contributed by atoms with Crippen molar-refractivity contribution in [1.82, 2.24) is 9.47 Å². The van der Waals surface area contributed by atoms with E-state index in [2.05, 4.69) is 23.1 Å². The van der Waals surface area contributed by atoms with Crippen molar-refractivity contribution < 1.29 is 9.53 Å². The largest absolute Gasteiger partial charge is 0.496 e. The van der Waals surface area contributed by atoms with Gasteiger partial charge >= 0.3 is 0 Å². The minimum atomic E-state index is -0.0790. The van der Waals surface area contributed by atoms with Gasteiger partial charge in [0.1, 0.15) is 5.75 Å². The summed E-state index contributed by atoms with van der Waals surface area (Å²) in [4.78, 5) is 28.4. The molecule has 2 aromatic rings. The molecule has 2 unspecified atom stereocenters. The van der Waals surface area contributed by atoms with Gasteiger partial charge in [0, 0.05) is 54.8 Å². The molecule has 2 aliphatic heterocycles. The molecule has 0 N–H and O–H groups in total. The highest BCUT2D eigenvalue weighted by molar-refractivity contribution is 5.98. The minimum Gasteiger partial charge on any atom is -0.496 e. The van der Waals surface area contributed by atoms with E-state index >= 15 is 0 Å². The van der Waals surface area contributed by atoms with Crippen LogP contribution in [0.25, 0.3) is 6.08 Å². The van der Waals surface area contributed by atoms with Crippen molar-refractivity contribution in [2.75, 3.05) is 20.2 Å². The molecule has 0 spiro atoms. The zero-order valence-electron chi connectivity index (χ0n) is 21.9. The molecule has 4 aliphatic carbocycles. The Bertz CT molecular complexity index is 1270. The predicted molar refractivity (Wildman–Crippen MR) is 144 cm³/mol. The number of allylic oxidation sites excluding steroid dienone is 1. The van der Waals surface area contributed by atoms with Crippen molar-refractivity contribution in [3.8, 4) is 5.75 Å². The number of ether oxygens (including phenoxy) is 1. The highest BCUT2D eigenvalue weighted by atomic mass is 16.5. The van der Waals surface area contributed by atoms with Crippen LogP contribution in [0, 0.1) is 29.1 Å². The monoisotopic (exact) mass is 498 g/mol. The van der Waals surface area contributed by atoms with E-state index < -0.39 is 0 Å². The number of pyridine rings is 1. The second kappa shape index (κ2) is 8.97. The Morgan fingerprint density at radius 2 is 1.73 bits per heavy atom. The van der Waals surface area contributed by atoms with Crippen molar-refractivity contribution in [3.05, 3.63) is 69.6 Å². The summed E-state index contributed by atoms with van der Waals surface area (Å²) in [6.45, 7) is 3.57. The van der Waals surface area contributed by atoms with Gasteiger partial charge in [-0.1, -0.05) is 18.2 Å². The van der Waals surface area contributed by atoms with Gasteiger partial charge in [-0.15, -0.1) is 0 Å². The van der Waals surface area contributed by atoms with Crippen molar-refractivity contribution in [2.45, 2.75) is 64.0 Å². The molecule has 4 saturated carbocycles. The molecular weight excluding hydrogens is 460 g/mol. The Hall–Kier alpha value is -2.66. The first-order valence-corrected chi connectivity index (χ1v) is 14.3. The number of methoxy groups -OCH3 is 1. The number of piperidine rings is 1. The lowest BCUT2D eigenvalue weighted by molar-refractivity contribution is -0.138. The van der Waals surface area contributed by atoms with Crippen LogP contribution in [0.1, 0.15) is 67.7 Å². The molecule has 194 valence electrons. The fraction of sp³-hybridized carbons (Fsp3) is 0.562. The number of likely N-dealkylation sites (tertiary alicyclic amines) is 1. The summed E-state index contributed by atoms with van der Waals surface area (Å²) in [5.74, 6) is 4.51. The number of carbonyl (C=O) groups is 1. The first kappa shape index (κ1) is 23.5. The number of fused-ring (bicyclic) bond motifs is 4. The fourth-order valence-corrected chi connectivity index (χ4v) is 9.15. The quantitative estimate of drug-likeness (QED) is 0.509. The number of rotatable bonds is 6. The maximum absolute atomic E-state index is 13.5. The number of ketones is 1. The van der Waals surface area contributed by atoms with Crippen LogP contribution in [0.5, 0.6) is 5.75 Å². The van der Waals surface area contributed by atoms with Crippen molar-refractivity contribution in [3.63, 3.8) is 0 Å². The van der Waals surface area contributed by atoms with Gasteiger partial charge in [-0.2, -0.15) is 0 Å². The van der Waals surface area contributed by atoms with E-state index in [4.69, 9.17) is 4.74 Å². The summed E-state index contributed by atoms with van der Waals surface area (Å²) in [6.07, 6.45) is 12.5. The Balaban J connectivity index is 1.08. The van der Waals surface area contributed by atoms with E-state index in [0.717, 1.165) is 86.5 Å². The first-order valence-electron chi connectivity index (χ1n) is 14.3. The fourth-order valence-electron chi connectivity index (χ4n) is 9.15. The summed E-state index contributed by atoms with van der Waals surface area (Å²) in [5.41, 5.74) is 3.47. The minimum absolute atomic E-state index is 0.0790. The summed E-state index contributed by atoms with van der Waals surface area (Å²) in [5, 5.41) is 0. The summed E-state index contributed by atoms with van der Waals surface area (Å²) in [6, 6.07) is 12.0. The number of nitrogens with zero attached hydrogens (tertiary/aromatic N) is 2. The Morgan fingerprint density at radius 3 is 2.46 bits per heavy atom. The summed E-state index contributed by atoms with van der Waals surface area (Å²) in [7, 11) is 1.73. The molecule has 6 bridgehead atoms. The van der Waals surface area contributed by atoms with Gasteiger partial charge in [0.2, 0.25) is 0 Å². The molecule has 5 nitrogen and oxygen atoms in total. The number of carbonyl (C=O) groups excluding carboxylic acids is 1. The Morgan fingerprint density at radius 1 is 0.973 bits per heavy atom. The lowest BCUT2D eigenvalue weighted by atomic mass is 9.48. The number of hydrogen-bond donors (Lipinski definition) is 0. The normalized spacial score (nSPS) is 34.0. The first-order chi connectivity index (χ1) is 18.0. The molecule has 2 atom stereocenters. The maximum atomic E-state index is 13.5. The summed E-state index contributed by atoms with van der Waals surface area (Å²) >= 11 is 0. The zero-order valence-corrected chi connectivity index (χ0v) is 21.9. The van der Waals surface area contributed by atoms with E-state index in [1.165, 1.54) is 25.0 Å². The third-order valence-corrected chi connectivity index (χ3v) is 10.2. The summed E-state index contributed by atoms with van der Waals surface area (Å²) < 4.78 is 7.72. The smallest absolute Gasteiger partial charge is 0.250 e. The average molecular weight is 499 g/mol. The van der Waals surface area contributed by atoms with Gasteiger partial charge in [-0.25, -0.2) is 0 Å². The maximum Gasteiger partial charge on any atom is 0.250 e. The van der Waals surface area contributed by atoms with Gasteiger partial charge in [0.25, 0.3) is 5.56 Å². The molecule has 0 radical (unpaired) electrons. The van der Waals surface area contributed by atoms with Gasteiger partial charge in [-0.05, 0) is 98.5 Å². The zero-order chi connectivity index (χ0) is 25.1. The molecule has 8 rings (SSSR count). The van der Waals surface area contributed by atoms with Gasteiger partial charge in [-0.3, -0.25) is 14.5 Å². The van der Waals surface area contributed by atoms with Crippen LogP contribution in [-0.4, -0.2) is 35.4 Å². The Kier molecular flexibility index (Phi) is 5.69. The predicted octanol–water partition coefficient (Wildman–Crippen LogP) is 5.27. The molecule has 37 heavy (non-hydrogen) atoms. The Labute approximate surface area is 219 Å². The van der Waals surface area contributed by atoms with E-state index in [0.29, 0.717) is 17.6 Å². The number of aromatic nitrogens is 1. The van der Waals surface area contributed by atoms with Gasteiger partial charge in [0.15, 0.2) is 5.78 Å². The molecule has 0 amide bonds. The van der Waals surface area contributed by atoms with E-state index in [1.807, 2.05) is 28.9 Å². The van der Waals surface area contributed by atoms with Crippen LogP contribution >= 0.6 is 0 Å². The number of hydrogen-bond acceptors (Lipinski definition) is 4. The SMILES string of the molecule is COc1ccc(C=CC(=O)C23CC4CC(CC(C4)C2)C3)cc1CN1CC2CC(C1)c1cccc(=O)n1C2. The molecule has 5 fully saturated rings. The van der Waals surface area contributed by atoms with Crippen molar-refractivity contribution >= 4 is 11.9 Å². The lowest BCUT2D eigenvalue weighted by Crippen LogP contribution is -2.49. The average Bonchev–Trinajstić information content (AvgIpc) is 2.87. The lowest BCUT2D eigenvalue weighted by Gasteiger charge is -2.55. The molecule has 5 heteroatoms. The molecule has 1 aromatic carbocycles. The second-order valence-corrected chi connectivity index (χ2v) is 12.9. The van der Waals surface area contributed by atoms with E-state index in [1.54, 1.807) is 13.2 Å². The number of benzene rings is 1. The van der Waals surface area contributed by atoms with Crippen LogP contribution in [-0.2, 0) is 17.9 Å². The molecular formula is C32H38N2O3. The van der Waals surface area contributed by atoms with Crippen LogP contribution in [0.3, 0.4) is 0 Å². The van der Waals surface area contributed by atoms with Crippen LogP contribution in [0.15, 0.2) is 47.3 Å².